The van der Waals surface area contributed by atoms with E-state index in [1.807, 2.05) is 72.8 Å². The minimum Gasteiger partial charge on any atom is -0.496 e. The summed E-state index contributed by atoms with van der Waals surface area (Å²) < 4.78 is 13.0. The first-order chi connectivity index (χ1) is 18.2. The molecular formula is C30H32N4O3. The maximum Gasteiger partial charge on any atom is 0.255 e. The van der Waals surface area contributed by atoms with Crippen LogP contribution in [-0.2, 0) is 0 Å². The Morgan fingerprint density at radius 1 is 0.892 bits per heavy atom. The molecule has 2 heterocycles. The van der Waals surface area contributed by atoms with Gasteiger partial charge in [-0.2, -0.15) is 5.10 Å². The Kier molecular flexibility index (Phi) is 7.51. The van der Waals surface area contributed by atoms with Crippen molar-refractivity contribution in [3.8, 4) is 28.4 Å². The molecule has 1 aliphatic heterocycles. The zero-order chi connectivity index (χ0) is 25.6. The monoisotopic (exact) mass is 496 g/mol. The number of likely N-dealkylation sites (tertiary alicyclic amines) is 1. The number of hydrogen-bond acceptors (Lipinski definition) is 5. The van der Waals surface area contributed by atoms with E-state index in [0.29, 0.717) is 23.6 Å². The summed E-state index contributed by atoms with van der Waals surface area (Å²) in [6.45, 7) is 2.45. The lowest BCUT2D eigenvalue weighted by atomic mass is 10.0. The predicted octanol–water partition coefficient (Wildman–Crippen LogP) is 5.12. The number of nitrogens with zero attached hydrogens (tertiary/aromatic N) is 3. The predicted molar refractivity (Wildman–Crippen MR) is 144 cm³/mol. The van der Waals surface area contributed by atoms with Crippen LogP contribution in [-0.4, -0.2) is 54.4 Å². The number of rotatable bonds is 9. The molecule has 0 aliphatic carbocycles. The second-order valence-corrected chi connectivity index (χ2v) is 9.08. The summed E-state index contributed by atoms with van der Waals surface area (Å²) in [6, 6.07) is 25.5. The average Bonchev–Trinajstić information content (AvgIpc) is 3.65. The minimum absolute atomic E-state index is 0.0153. The number of nitrogens with one attached hydrogen (secondary N) is 1. The first kappa shape index (κ1) is 24.6. The molecule has 0 saturated carbocycles. The summed E-state index contributed by atoms with van der Waals surface area (Å²) in [5.41, 5.74) is 3.80. The summed E-state index contributed by atoms with van der Waals surface area (Å²) >= 11 is 0. The molecule has 4 aromatic rings. The van der Waals surface area contributed by atoms with Gasteiger partial charge in [0.15, 0.2) is 0 Å². The van der Waals surface area contributed by atoms with Crippen LogP contribution in [0.4, 0.5) is 0 Å². The highest BCUT2D eigenvalue weighted by molar-refractivity contribution is 6.00. The maximum atomic E-state index is 13.7. The van der Waals surface area contributed by atoms with Gasteiger partial charge in [0.2, 0.25) is 0 Å². The molecule has 1 saturated heterocycles. The van der Waals surface area contributed by atoms with Crippen LogP contribution < -0.4 is 14.8 Å². The Morgan fingerprint density at radius 2 is 1.54 bits per heavy atom. The van der Waals surface area contributed by atoms with Gasteiger partial charge in [0.25, 0.3) is 5.91 Å². The topological polar surface area (TPSA) is 68.6 Å². The lowest BCUT2D eigenvalue weighted by Gasteiger charge is -2.29. The number of para-hydroxylation sites is 3. The van der Waals surface area contributed by atoms with Crippen LogP contribution in [0.5, 0.6) is 11.5 Å². The van der Waals surface area contributed by atoms with Crippen molar-refractivity contribution in [2.45, 2.75) is 18.9 Å². The van der Waals surface area contributed by atoms with Crippen LogP contribution in [0.2, 0.25) is 0 Å². The van der Waals surface area contributed by atoms with Gasteiger partial charge in [0.05, 0.1) is 31.5 Å². The van der Waals surface area contributed by atoms with Crippen molar-refractivity contribution >= 4 is 5.91 Å². The van der Waals surface area contributed by atoms with Gasteiger partial charge in [-0.15, -0.1) is 0 Å². The second kappa shape index (κ2) is 11.3. The number of benzene rings is 3. The standard InChI is InChI=1S/C30H32N4O3/c1-36-27-16-8-6-14-23(27)26(33-18-10-11-19-33)20-31-30(35)25-21-34(22-12-4-3-5-13-22)32-29(25)24-15-7-9-17-28(24)37-2/h3-9,12-17,21,26H,10-11,18-20H2,1-2H3,(H,31,35)/t26-/m0/s1. The van der Waals surface area contributed by atoms with Crippen LogP contribution in [0, 0.1) is 0 Å². The van der Waals surface area contributed by atoms with Crippen LogP contribution in [0.15, 0.2) is 85.1 Å². The first-order valence-electron chi connectivity index (χ1n) is 12.6. The second-order valence-electron chi connectivity index (χ2n) is 9.08. The number of carbonyl (C=O) groups is 1. The van der Waals surface area contributed by atoms with Crippen molar-refractivity contribution in [1.29, 1.82) is 0 Å². The third kappa shape index (κ3) is 5.22. The Labute approximate surface area is 217 Å². The molecule has 0 radical (unpaired) electrons. The Hall–Kier alpha value is -4.10. The van der Waals surface area contributed by atoms with Gasteiger partial charge in [0.1, 0.15) is 17.2 Å². The normalized spacial score (nSPS) is 14.3. The van der Waals surface area contributed by atoms with E-state index in [9.17, 15) is 4.79 Å². The van der Waals surface area contributed by atoms with E-state index in [4.69, 9.17) is 14.6 Å². The summed E-state index contributed by atoms with van der Waals surface area (Å²) in [5, 5.41) is 8.02. The summed E-state index contributed by atoms with van der Waals surface area (Å²) in [4.78, 5) is 16.2. The summed E-state index contributed by atoms with van der Waals surface area (Å²) in [5.74, 6) is 1.32. The van der Waals surface area contributed by atoms with E-state index in [0.717, 1.165) is 48.5 Å². The summed E-state index contributed by atoms with van der Waals surface area (Å²) in [7, 11) is 3.32. The number of amides is 1. The van der Waals surface area contributed by atoms with Gasteiger partial charge in [-0.05, 0) is 56.3 Å². The van der Waals surface area contributed by atoms with Crippen molar-refractivity contribution in [1.82, 2.24) is 20.0 Å². The molecule has 1 fully saturated rings. The minimum atomic E-state index is -0.179. The molecule has 7 heteroatoms. The fourth-order valence-electron chi connectivity index (χ4n) is 5.01. The lowest BCUT2D eigenvalue weighted by Crippen LogP contribution is -2.37. The molecule has 1 N–H and O–H groups in total. The van der Waals surface area contributed by atoms with E-state index >= 15 is 0 Å². The van der Waals surface area contributed by atoms with Crippen LogP contribution in [0.3, 0.4) is 0 Å². The number of hydrogen-bond donors (Lipinski definition) is 1. The molecule has 1 aromatic heterocycles. The highest BCUT2D eigenvalue weighted by Crippen LogP contribution is 2.33. The van der Waals surface area contributed by atoms with Gasteiger partial charge in [-0.1, -0.05) is 48.5 Å². The molecule has 0 spiro atoms. The average molecular weight is 497 g/mol. The molecule has 7 nitrogen and oxygen atoms in total. The van der Waals surface area contributed by atoms with E-state index in [-0.39, 0.29) is 11.9 Å². The number of carbonyl (C=O) groups excluding carboxylic acids is 1. The van der Waals surface area contributed by atoms with Gasteiger partial charge in [-0.3, -0.25) is 9.69 Å². The molecule has 190 valence electrons. The van der Waals surface area contributed by atoms with E-state index in [1.54, 1.807) is 25.1 Å². The fourth-order valence-corrected chi connectivity index (χ4v) is 5.01. The third-order valence-corrected chi connectivity index (χ3v) is 6.88. The van der Waals surface area contributed by atoms with E-state index in [2.05, 4.69) is 16.3 Å². The van der Waals surface area contributed by atoms with Crippen LogP contribution >= 0.6 is 0 Å². The smallest absolute Gasteiger partial charge is 0.255 e. The summed E-state index contributed by atoms with van der Waals surface area (Å²) in [6.07, 6.45) is 4.10. The Balaban J connectivity index is 1.48. The van der Waals surface area contributed by atoms with E-state index < -0.39 is 0 Å². The molecule has 37 heavy (non-hydrogen) atoms. The molecule has 1 amide bonds. The molecule has 0 bridgehead atoms. The van der Waals surface area contributed by atoms with Gasteiger partial charge < -0.3 is 14.8 Å². The third-order valence-electron chi connectivity index (χ3n) is 6.88. The van der Waals surface area contributed by atoms with E-state index in [1.165, 1.54) is 0 Å². The maximum absolute atomic E-state index is 13.7. The Bertz CT molecular complexity index is 1350. The zero-order valence-corrected chi connectivity index (χ0v) is 21.3. The van der Waals surface area contributed by atoms with Gasteiger partial charge in [-0.25, -0.2) is 4.68 Å². The van der Waals surface area contributed by atoms with Crippen molar-refractivity contribution in [2.75, 3.05) is 33.9 Å². The number of ether oxygens (including phenoxy) is 2. The molecule has 1 aliphatic rings. The zero-order valence-electron chi connectivity index (χ0n) is 21.3. The SMILES string of the molecule is COc1ccccc1-c1nn(-c2ccccc2)cc1C(=O)NC[C@@H](c1ccccc1OC)N1CCCC1. The van der Waals surface area contributed by atoms with Crippen molar-refractivity contribution < 1.29 is 14.3 Å². The Morgan fingerprint density at radius 3 is 2.27 bits per heavy atom. The molecule has 3 aromatic carbocycles. The molecule has 0 unspecified atom stereocenters. The number of methoxy groups -OCH3 is 2. The van der Waals surface area contributed by atoms with Crippen LogP contribution in [0.1, 0.15) is 34.8 Å². The van der Waals surface area contributed by atoms with Crippen molar-refractivity contribution in [3.05, 3.63) is 96.2 Å². The van der Waals surface area contributed by atoms with Gasteiger partial charge >= 0.3 is 0 Å². The quantitative estimate of drug-likeness (QED) is 0.348. The highest BCUT2D eigenvalue weighted by Gasteiger charge is 2.28. The van der Waals surface area contributed by atoms with Crippen molar-refractivity contribution in [2.24, 2.45) is 0 Å². The van der Waals surface area contributed by atoms with Crippen LogP contribution in [0.25, 0.3) is 16.9 Å². The lowest BCUT2D eigenvalue weighted by molar-refractivity contribution is 0.0938. The fraction of sp³-hybridized carbons (Fsp3) is 0.267. The van der Waals surface area contributed by atoms with Gasteiger partial charge in [0, 0.05) is 23.9 Å². The molecular weight excluding hydrogens is 464 g/mol. The first-order valence-corrected chi connectivity index (χ1v) is 12.6. The van der Waals surface area contributed by atoms with Crippen molar-refractivity contribution in [3.63, 3.8) is 0 Å². The molecule has 1 atom stereocenters. The number of aromatic nitrogens is 2. The largest absolute Gasteiger partial charge is 0.496 e. The highest BCUT2D eigenvalue weighted by atomic mass is 16.5. The molecule has 5 rings (SSSR count).